The molecule has 6 nitrogen and oxygen atoms in total. The van der Waals surface area contributed by atoms with Crippen LogP contribution in [0.2, 0.25) is 0 Å². The van der Waals surface area contributed by atoms with E-state index in [1.165, 1.54) is 0 Å². The molecule has 1 saturated heterocycles. The van der Waals surface area contributed by atoms with Crippen LogP contribution in [-0.2, 0) is 0 Å². The average Bonchev–Trinajstić information content (AvgIpc) is 2.66. The number of aryl methyl sites for hydroxylation is 2. The van der Waals surface area contributed by atoms with Gasteiger partial charge in [-0.3, -0.25) is 0 Å². The molecule has 0 unspecified atom stereocenters. The number of nitrogens with zero attached hydrogens (tertiary/aromatic N) is 5. The maximum Gasteiger partial charge on any atom is 0.139 e. The third-order valence-electron chi connectivity index (χ3n) is 5.03. The van der Waals surface area contributed by atoms with Gasteiger partial charge in [-0.15, -0.1) is 0 Å². The number of hydrogen-bond acceptors (Lipinski definition) is 6. The van der Waals surface area contributed by atoms with E-state index in [1.54, 1.807) is 6.33 Å². The number of benzene rings is 1. The van der Waals surface area contributed by atoms with Crippen LogP contribution < -0.4 is 10.2 Å². The monoisotopic (exact) mass is 366 g/mol. The van der Waals surface area contributed by atoms with Gasteiger partial charge in [-0.05, 0) is 26.0 Å². The standard InChI is InChI=1S/C20H23FN6/c1-14-11-18(26-15(2)25-14)22-12-20(21)7-9-27(10-8-20)19-16-5-3-4-6-17(16)23-13-24-19/h3-6,11,13H,7-10,12H2,1-2H3,(H,22,25,26). The summed E-state index contributed by atoms with van der Waals surface area (Å²) in [5.41, 5.74) is 0.533. The van der Waals surface area contributed by atoms with Crippen molar-refractivity contribution in [1.82, 2.24) is 19.9 Å². The number of hydrogen-bond donors (Lipinski definition) is 1. The van der Waals surface area contributed by atoms with Crippen LogP contribution in [0.25, 0.3) is 10.9 Å². The van der Waals surface area contributed by atoms with Crippen molar-refractivity contribution in [2.24, 2.45) is 0 Å². The first-order chi connectivity index (χ1) is 13.0. The van der Waals surface area contributed by atoms with Gasteiger partial charge in [0.2, 0.25) is 0 Å². The molecule has 1 aliphatic rings. The molecule has 1 aromatic carbocycles. The zero-order valence-electron chi connectivity index (χ0n) is 15.6. The summed E-state index contributed by atoms with van der Waals surface area (Å²) in [6.07, 6.45) is 2.47. The first kappa shape index (κ1) is 17.6. The molecule has 3 heterocycles. The molecule has 1 fully saturated rings. The molecular weight excluding hydrogens is 343 g/mol. The van der Waals surface area contributed by atoms with E-state index in [2.05, 4.69) is 30.2 Å². The summed E-state index contributed by atoms with van der Waals surface area (Å²) in [6, 6.07) is 9.78. The van der Waals surface area contributed by atoms with Crippen LogP contribution in [-0.4, -0.2) is 45.2 Å². The van der Waals surface area contributed by atoms with Gasteiger partial charge in [-0.25, -0.2) is 24.3 Å². The summed E-state index contributed by atoms with van der Waals surface area (Å²) in [7, 11) is 0. The largest absolute Gasteiger partial charge is 0.367 e. The number of fused-ring (bicyclic) bond motifs is 1. The van der Waals surface area contributed by atoms with Gasteiger partial charge in [0.05, 0.1) is 12.1 Å². The van der Waals surface area contributed by atoms with Gasteiger partial charge in [0.1, 0.15) is 29.5 Å². The molecule has 7 heteroatoms. The van der Waals surface area contributed by atoms with Crippen LogP contribution in [0.4, 0.5) is 16.0 Å². The number of nitrogens with one attached hydrogen (secondary N) is 1. The Hall–Kier alpha value is -2.83. The van der Waals surface area contributed by atoms with E-state index < -0.39 is 5.67 Å². The Labute approximate surface area is 157 Å². The quantitative estimate of drug-likeness (QED) is 0.763. The lowest BCUT2D eigenvalue weighted by atomic mass is 9.93. The average molecular weight is 366 g/mol. The highest BCUT2D eigenvalue weighted by Gasteiger charge is 2.35. The van der Waals surface area contributed by atoms with E-state index >= 15 is 4.39 Å². The van der Waals surface area contributed by atoms with Crippen molar-refractivity contribution in [3.8, 4) is 0 Å². The molecule has 0 atom stereocenters. The zero-order chi connectivity index (χ0) is 18.9. The van der Waals surface area contributed by atoms with Crippen LogP contribution in [0, 0.1) is 13.8 Å². The molecule has 0 aliphatic carbocycles. The van der Waals surface area contributed by atoms with Crippen molar-refractivity contribution < 1.29 is 4.39 Å². The van der Waals surface area contributed by atoms with Crippen LogP contribution in [0.5, 0.6) is 0 Å². The molecular formula is C20H23FN6. The number of rotatable bonds is 4. The minimum atomic E-state index is -1.26. The minimum absolute atomic E-state index is 0.251. The van der Waals surface area contributed by atoms with Crippen LogP contribution >= 0.6 is 0 Å². The maximum absolute atomic E-state index is 15.3. The highest BCUT2D eigenvalue weighted by atomic mass is 19.1. The number of anilines is 2. The van der Waals surface area contributed by atoms with Gasteiger partial charge < -0.3 is 10.2 Å². The molecule has 0 saturated carbocycles. The number of piperidine rings is 1. The fourth-order valence-electron chi connectivity index (χ4n) is 3.60. The molecule has 0 amide bonds. The lowest BCUT2D eigenvalue weighted by Crippen LogP contribution is -2.46. The molecule has 4 rings (SSSR count). The van der Waals surface area contributed by atoms with E-state index in [-0.39, 0.29) is 6.54 Å². The predicted molar refractivity (Wildman–Crippen MR) is 105 cm³/mol. The van der Waals surface area contributed by atoms with Gasteiger partial charge in [0.25, 0.3) is 0 Å². The topological polar surface area (TPSA) is 66.8 Å². The van der Waals surface area contributed by atoms with Gasteiger partial charge in [0.15, 0.2) is 0 Å². The van der Waals surface area contributed by atoms with E-state index in [1.807, 2.05) is 44.2 Å². The van der Waals surface area contributed by atoms with Gasteiger partial charge >= 0.3 is 0 Å². The minimum Gasteiger partial charge on any atom is -0.367 e. The van der Waals surface area contributed by atoms with Crippen molar-refractivity contribution in [3.05, 3.63) is 48.2 Å². The van der Waals surface area contributed by atoms with E-state index in [0.717, 1.165) is 22.4 Å². The molecule has 0 radical (unpaired) electrons. The Kier molecular flexibility index (Phi) is 4.59. The molecule has 3 aromatic rings. The van der Waals surface area contributed by atoms with Crippen molar-refractivity contribution in [1.29, 1.82) is 0 Å². The Morgan fingerprint density at radius 1 is 1.11 bits per heavy atom. The highest BCUT2D eigenvalue weighted by Crippen LogP contribution is 2.31. The lowest BCUT2D eigenvalue weighted by molar-refractivity contribution is 0.140. The highest BCUT2D eigenvalue weighted by molar-refractivity contribution is 5.89. The summed E-state index contributed by atoms with van der Waals surface area (Å²) in [5.74, 6) is 2.26. The Bertz CT molecular complexity index is 927. The lowest BCUT2D eigenvalue weighted by Gasteiger charge is -2.37. The first-order valence-corrected chi connectivity index (χ1v) is 9.22. The van der Waals surface area contributed by atoms with Crippen molar-refractivity contribution in [2.45, 2.75) is 32.4 Å². The van der Waals surface area contributed by atoms with E-state index in [4.69, 9.17) is 0 Å². The van der Waals surface area contributed by atoms with Gasteiger partial charge in [-0.1, -0.05) is 12.1 Å². The molecule has 0 spiro atoms. The Morgan fingerprint density at radius 3 is 2.67 bits per heavy atom. The summed E-state index contributed by atoms with van der Waals surface area (Å²) in [6.45, 7) is 5.26. The number of halogens is 1. The molecule has 0 bridgehead atoms. The number of para-hydroxylation sites is 1. The summed E-state index contributed by atoms with van der Waals surface area (Å²) >= 11 is 0. The van der Waals surface area contributed by atoms with Crippen LogP contribution in [0.15, 0.2) is 36.7 Å². The van der Waals surface area contributed by atoms with Crippen LogP contribution in [0.3, 0.4) is 0 Å². The third kappa shape index (κ3) is 3.82. The second-order valence-corrected chi connectivity index (χ2v) is 7.15. The van der Waals surface area contributed by atoms with E-state index in [0.29, 0.717) is 37.6 Å². The molecule has 2 aromatic heterocycles. The normalized spacial score (nSPS) is 16.5. The summed E-state index contributed by atoms with van der Waals surface area (Å²) < 4.78 is 15.3. The summed E-state index contributed by atoms with van der Waals surface area (Å²) in [5, 5.41) is 4.16. The van der Waals surface area contributed by atoms with E-state index in [9.17, 15) is 0 Å². The molecule has 140 valence electrons. The van der Waals surface area contributed by atoms with Crippen LogP contribution in [0.1, 0.15) is 24.4 Å². The van der Waals surface area contributed by atoms with Crippen molar-refractivity contribution in [2.75, 3.05) is 29.9 Å². The predicted octanol–water partition coefficient (Wildman–Crippen LogP) is 3.46. The van der Waals surface area contributed by atoms with Crippen molar-refractivity contribution >= 4 is 22.5 Å². The van der Waals surface area contributed by atoms with Gasteiger partial charge in [-0.2, -0.15) is 0 Å². The zero-order valence-corrected chi connectivity index (χ0v) is 15.6. The molecule has 1 N–H and O–H groups in total. The maximum atomic E-state index is 15.3. The fraction of sp³-hybridized carbons (Fsp3) is 0.400. The number of alkyl halides is 1. The number of aromatic nitrogens is 4. The van der Waals surface area contributed by atoms with Crippen molar-refractivity contribution in [3.63, 3.8) is 0 Å². The Morgan fingerprint density at radius 2 is 1.89 bits per heavy atom. The Balaban J connectivity index is 1.43. The molecule has 1 aliphatic heterocycles. The smallest absolute Gasteiger partial charge is 0.139 e. The molecule has 27 heavy (non-hydrogen) atoms. The second-order valence-electron chi connectivity index (χ2n) is 7.15. The second kappa shape index (κ2) is 7.06. The SMILES string of the molecule is Cc1cc(NCC2(F)CCN(c3ncnc4ccccc34)CC2)nc(C)n1. The third-order valence-corrected chi connectivity index (χ3v) is 5.03. The van der Waals surface area contributed by atoms with Gasteiger partial charge in [0, 0.05) is 43.1 Å². The summed E-state index contributed by atoms with van der Waals surface area (Å²) in [4.78, 5) is 19.5. The first-order valence-electron chi connectivity index (χ1n) is 9.22. The fourth-order valence-corrected chi connectivity index (χ4v) is 3.60.